The van der Waals surface area contributed by atoms with Gasteiger partial charge in [0.2, 0.25) is 10.0 Å². The van der Waals surface area contributed by atoms with Crippen LogP contribution < -0.4 is 4.72 Å². The molecule has 1 aromatic heterocycles. The molecule has 0 aromatic carbocycles. The van der Waals surface area contributed by atoms with Gasteiger partial charge in [-0.25, -0.2) is 13.4 Å². The topological polar surface area (TPSA) is 79.3 Å². The van der Waals surface area contributed by atoms with Gasteiger partial charge < -0.3 is 5.11 Å². The van der Waals surface area contributed by atoms with Crippen LogP contribution in [0.25, 0.3) is 0 Å². The van der Waals surface area contributed by atoms with Crippen molar-refractivity contribution in [3.05, 3.63) is 17.8 Å². The molecule has 2 N–H and O–H groups in total. The maximum atomic E-state index is 11.5. The number of hydrogen-bond acceptors (Lipinski definition) is 4. The summed E-state index contributed by atoms with van der Waals surface area (Å²) >= 11 is 0. The van der Waals surface area contributed by atoms with E-state index in [1.165, 1.54) is 6.07 Å². The van der Waals surface area contributed by atoms with Crippen LogP contribution in [0.15, 0.2) is 12.1 Å². The van der Waals surface area contributed by atoms with Gasteiger partial charge in [0.1, 0.15) is 0 Å². The quantitative estimate of drug-likeness (QED) is 0.819. The van der Waals surface area contributed by atoms with Crippen LogP contribution in [-0.2, 0) is 10.0 Å². The Balaban J connectivity index is 3.05. The molecule has 5 nitrogen and oxygen atoms in total. The zero-order valence-electron chi connectivity index (χ0n) is 8.85. The molecule has 0 aliphatic heterocycles. The molecule has 15 heavy (non-hydrogen) atoms. The summed E-state index contributed by atoms with van der Waals surface area (Å²) in [4.78, 5) is 3.90. The molecule has 0 saturated heterocycles. The van der Waals surface area contributed by atoms with Crippen LogP contribution in [0, 0.1) is 6.92 Å². The third-order valence-electron chi connectivity index (χ3n) is 1.87. The third kappa shape index (κ3) is 2.82. The van der Waals surface area contributed by atoms with Crippen LogP contribution in [0.4, 0.5) is 5.82 Å². The zero-order valence-corrected chi connectivity index (χ0v) is 9.67. The van der Waals surface area contributed by atoms with Gasteiger partial charge in [-0.1, -0.05) is 0 Å². The second-order valence-corrected chi connectivity index (χ2v) is 5.75. The van der Waals surface area contributed by atoms with E-state index in [4.69, 9.17) is 0 Å². The summed E-state index contributed by atoms with van der Waals surface area (Å²) in [6, 6.07) is 3.00. The van der Waals surface area contributed by atoms with E-state index in [9.17, 15) is 13.5 Å². The molecule has 0 unspecified atom stereocenters. The number of aryl methyl sites for hydroxylation is 1. The highest BCUT2D eigenvalue weighted by atomic mass is 32.2. The number of anilines is 1. The van der Waals surface area contributed by atoms with Crippen LogP contribution in [0.5, 0.6) is 5.75 Å². The fourth-order valence-electron chi connectivity index (χ4n) is 0.877. The summed E-state index contributed by atoms with van der Waals surface area (Å²) in [6.07, 6.45) is 0. The average molecular weight is 230 g/mol. The maximum Gasteiger partial charge on any atom is 0.236 e. The molecule has 6 heteroatoms. The van der Waals surface area contributed by atoms with E-state index < -0.39 is 15.3 Å². The first-order chi connectivity index (χ1) is 6.83. The van der Waals surface area contributed by atoms with Gasteiger partial charge >= 0.3 is 0 Å². The van der Waals surface area contributed by atoms with Gasteiger partial charge in [0.15, 0.2) is 11.6 Å². The lowest BCUT2D eigenvalue weighted by Gasteiger charge is -2.11. The van der Waals surface area contributed by atoms with Crippen molar-refractivity contribution in [1.29, 1.82) is 0 Å². The first-order valence-corrected chi connectivity index (χ1v) is 6.06. The minimum absolute atomic E-state index is 0.0244. The van der Waals surface area contributed by atoms with E-state index >= 15 is 0 Å². The number of nitrogens with one attached hydrogen (secondary N) is 1. The van der Waals surface area contributed by atoms with Gasteiger partial charge in [-0.05, 0) is 32.9 Å². The Hall–Kier alpha value is -1.30. The molecule has 0 aliphatic carbocycles. The molecule has 0 amide bonds. The Bertz CT molecular complexity index is 454. The monoisotopic (exact) mass is 230 g/mol. The van der Waals surface area contributed by atoms with E-state index in [1.54, 1.807) is 26.8 Å². The lowest BCUT2D eigenvalue weighted by atomic mass is 10.3. The van der Waals surface area contributed by atoms with E-state index in [0.29, 0.717) is 5.69 Å². The highest BCUT2D eigenvalue weighted by Crippen LogP contribution is 2.22. The average Bonchev–Trinajstić information content (AvgIpc) is 2.10. The Morgan fingerprint density at radius 1 is 1.40 bits per heavy atom. The molecular weight excluding hydrogens is 216 g/mol. The summed E-state index contributed by atoms with van der Waals surface area (Å²) in [5.74, 6) is -0.200. The predicted octanol–water partition coefficient (Wildman–Crippen LogP) is 1.25. The smallest absolute Gasteiger partial charge is 0.236 e. The molecule has 0 spiro atoms. The molecular formula is C9H14N2O3S. The number of rotatable bonds is 3. The van der Waals surface area contributed by atoms with Crippen molar-refractivity contribution in [3.63, 3.8) is 0 Å². The zero-order chi connectivity index (χ0) is 11.6. The maximum absolute atomic E-state index is 11.5. The largest absolute Gasteiger partial charge is 0.504 e. The Morgan fingerprint density at radius 2 is 2.00 bits per heavy atom. The molecule has 0 aliphatic rings. The van der Waals surface area contributed by atoms with Crippen molar-refractivity contribution in [2.45, 2.75) is 26.0 Å². The second-order valence-electron chi connectivity index (χ2n) is 3.52. The summed E-state index contributed by atoms with van der Waals surface area (Å²) in [6.45, 7) is 4.82. The summed E-state index contributed by atoms with van der Waals surface area (Å²) in [5, 5.41) is 8.82. The van der Waals surface area contributed by atoms with Crippen LogP contribution in [-0.4, -0.2) is 23.8 Å². The van der Waals surface area contributed by atoms with Gasteiger partial charge in [-0.2, -0.15) is 0 Å². The van der Waals surface area contributed by atoms with Crippen LogP contribution >= 0.6 is 0 Å². The molecule has 1 aromatic rings. The molecule has 0 radical (unpaired) electrons. The lowest BCUT2D eigenvalue weighted by molar-refractivity contribution is 0.475. The Labute approximate surface area is 89.2 Å². The van der Waals surface area contributed by atoms with Crippen LogP contribution in [0.2, 0.25) is 0 Å². The number of aromatic hydroxyl groups is 1. The minimum Gasteiger partial charge on any atom is -0.504 e. The normalized spacial score (nSPS) is 11.7. The van der Waals surface area contributed by atoms with Gasteiger partial charge in [0.05, 0.1) is 5.25 Å². The lowest BCUT2D eigenvalue weighted by Crippen LogP contribution is -2.23. The van der Waals surface area contributed by atoms with Crippen molar-refractivity contribution in [2.75, 3.05) is 4.72 Å². The first kappa shape index (κ1) is 11.8. The van der Waals surface area contributed by atoms with Crippen molar-refractivity contribution in [3.8, 4) is 5.75 Å². The number of hydrogen-bond donors (Lipinski definition) is 2. The molecule has 0 bridgehead atoms. The van der Waals surface area contributed by atoms with Gasteiger partial charge in [-0.15, -0.1) is 0 Å². The standard InChI is InChI=1S/C9H14N2O3S/c1-6(2)15(13,14)11-9-8(12)5-4-7(3)10-9/h4-6,12H,1-3H3,(H,10,11). The predicted molar refractivity (Wildman–Crippen MR) is 58.3 cm³/mol. The van der Waals surface area contributed by atoms with E-state index in [1.807, 2.05) is 0 Å². The molecule has 84 valence electrons. The number of sulfonamides is 1. The molecule has 1 rings (SSSR count). The summed E-state index contributed by atoms with van der Waals surface area (Å²) in [7, 11) is -3.46. The van der Waals surface area contributed by atoms with Crippen LogP contribution in [0.1, 0.15) is 19.5 Å². The second kappa shape index (κ2) is 4.06. The van der Waals surface area contributed by atoms with Crippen molar-refractivity contribution >= 4 is 15.8 Å². The number of pyridine rings is 1. The van der Waals surface area contributed by atoms with Crippen molar-refractivity contribution < 1.29 is 13.5 Å². The highest BCUT2D eigenvalue weighted by Gasteiger charge is 2.18. The van der Waals surface area contributed by atoms with E-state index in [-0.39, 0.29) is 11.6 Å². The number of aromatic nitrogens is 1. The fourth-order valence-corrected chi connectivity index (χ4v) is 1.53. The Kier molecular flexibility index (Phi) is 3.18. The van der Waals surface area contributed by atoms with Gasteiger partial charge in [0.25, 0.3) is 0 Å². The van der Waals surface area contributed by atoms with Gasteiger partial charge in [-0.3, -0.25) is 4.72 Å². The highest BCUT2D eigenvalue weighted by molar-refractivity contribution is 7.93. The van der Waals surface area contributed by atoms with E-state index in [0.717, 1.165) is 0 Å². The minimum atomic E-state index is -3.46. The molecule has 0 saturated carbocycles. The molecule has 0 atom stereocenters. The number of nitrogens with zero attached hydrogens (tertiary/aromatic N) is 1. The fraction of sp³-hybridized carbons (Fsp3) is 0.444. The van der Waals surface area contributed by atoms with E-state index in [2.05, 4.69) is 9.71 Å². The van der Waals surface area contributed by atoms with Crippen molar-refractivity contribution in [2.24, 2.45) is 0 Å². The summed E-state index contributed by atoms with van der Waals surface area (Å²) < 4.78 is 25.2. The van der Waals surface area contributed by atoms with Gasteiger partial charge in [0, 0.05) is 5.69 Å². The SMILES string of the molecule is Cc1ccc(O)c(NS(=O)(=O)C(C)C)n1. The summed E-state index contributed by atoms with van der Waals surface area (Å²) in [5.41, 5.74) is 0.634. The van der Waals surface area contributed by atoms with Crippen molar-refractivity contribution in [1.82, 2.24) is 4.98 Å². The molecule has 0 fully saturated rings. The third-order valence-corrected chi connectivity index (χ3v) is 3.59. The molecule has 1 heterocycles. The van der Waals surface area contributed by atoms with Crippen LogP contribution in [0.3, 0.4) is 0 Å². The first-order valence-electron chi connectivity index (χ1n) is 4.51. The Morgan fingerprint density at radius 3 is 2.53 bits per heavy atom.